The minimum Gasteiger partial charge on any atom is -0.444 e. The van der Waals surface area contributed by atoms with Crippen LogP contribution in [0.25, 0.3) is 0 Å². The average molecular weight is 324 g/mol. The van der Waals surface area contributed by atoms with E-state index >= 15 is 0 Å². The molecule has 0 saturated carbocycles. The number of nitrogens with zero attached hydrogens (tertiary/aromatic N) is 1. The lowest BCUT2D eigenvalue weighted by Gasteiger charge is -2.04. The summed E-state index contributed by atoms with van der Waals surface area (Å²) in [6.07, 6.45) is 0. The molecule has 2 aromatic rings. The Hall–Kier alpha value is -1.82. The molecule has 1 aromatic carbocycles. The van der Waals surface area contributed by atoms with Crippen LogP contribution in [0.4, 0.5) is 5.69 Å². The number of benzene rings is 1. The molecule has 0 aliphatic carbocycles. The van der Waals surface area contributed by atoms with Crippen LogP contribution in [-0.2, 0) is 6.54 Å². The monoisotopic (exact) mass is 323 g/mol. The standard InChI is InChI=1S/C13H14BrN3O2/c1-7-8(2)19-12(17-7)6-16-13(18)9-3-4-11(15)10(14)5-9/h3-5H,6,15H2,1-2H3,(H,16,18). The second-order valence-electron chi connectivity index (χ2n) is 4.17. The molecule has 100 valence electrons. The maximum absolute atomic E-state index is 11.9. The maximum Gasteiger partial charge on any atom is 0.251 e. The van der Waals surface area contributed by atoms with Gasteiger partial charge < -0.3 is 15.5 Å². The molecule has 0 saturated heterocycles. The van der Waals surface area contributed by atoms with E-state index in [0.717, 1.165) is 11.5 Å². The molecule has 0 bridgehead atoms. The fourth-order valence-corrected chi connectivity index (χ4v) is 1.92. The lowest BCUT2D eigenvalue weighted by atomic mass is 10.2. The molecule has 6 heteroatoms. The third-order valence-corrected chi connectivity index (χ3v) is 3.42. The van der Waals surface area contributed by atoms with Crippen molar-refractivity contribution in [3.8, 4) is 0 Å². The van der Waals surface area contributed by atoms with Crippen LogP contribution in [0.5, 0.6) is 0 Å². The number of nitrogens with two attached hydrogens (primary N) is 1. The number of aryl methyl sites for hydroxylation is 2. The first-order valence-electron chi connectivity index (χ1n) is 5.73. The number of hydrogen-bond donors (Lipinski definition) is 2. The molecule has 3 N–H and O–H groups in total. The smallest absolute Gasteiger partial charge is 0.251 e. The van der Waals surface area contributed by atoms with Crippen LogP contribution in [0.2, 0.25) is 0 Å². The van der Waals surface area contributed by atoms with Crippen molar-refractivity contribution in [1.82, 2.24) is 10.3 Å². The van der Waals surface area contributed by atoms with E-state index in [1.54, 1.807) is 18.2 Å². The Bertz CT molecular complexity index is 603. The lowest BCUT2D eigenvalue weighted by Crippen LogP contribution is -2.23. The van der Waals surface area contributed by atoms with E-state index in [9.17, 15) is 4.79 Å². The molecule has 1 amide bonds. The number of halogens is 1. The van der Waals surface area contributed by atoms with Gasteiger partial charge in [-0.25, -0.2) is 4.98 Å². The molecule has 0 aliphatic rings. The number of carbonyl (C=O) groups excluding carboxylic acids is 1. The summed E-state index contributed by atoms with van der Waals surface area (Å²) < 4.78 is 6.09. The van der Waals surface area contributed by atoms with Gasteiger partial charge in [0.2, 0.25) is 5.89 Å². The van der Waals surface area contributed by atoms with Gasteiger partial charge in [-0.05, 0) is 48.0 Å². The molecule has 0 unspecified atom stereocenters. The van der Waals surface area contributed by atoms with Gasteiger partial charge in [0.15, 0.2) is 0 Å². The molecule has 2 rings (SSSR count). The second kappa shape index (κ2) is 5.44. The Morgan fingerprint density at radius 1 is 1.47 bits per heavy atom. The molecule has 0 atom stereocenters. The summed E-state index contributed by atoms with van der Waals surface area (Å²) in [4.78, 5) is 16.1. The molecule has 0 radical (unpaired) electrons. The summed E-state index contributed by atoms with van der Waals surface area (Å²) in [6, 6.07) is 5.02. The van der Waals surface area contributed by atoms with E-state index in [-0.39, 0.29) is 12.5 Å². The number of nitrogens with one attached hydrogen (secondary N) is 1. The van der Waals surface area contributed by atoms with Crippen LogP contribution in [0.1, 0.15) is 27.7 Å². The van der Waals surface area contributed by atoms with Gasteiger partial charge in [0.05, 0.1) is 12.2 Å². The highest BCUT2D eigenvalue weighted by molar-refractivity contribution is 9.10. The first kappa shape index (κ1) is 13.6. The number of nitrogen functional groups attached to an aromatic ring is 1. The zero-order valence-electron chi connectivity index (χ0n) is 10.7. The van der Waals surface area contributed by atoms with Crippen molar-refractivity contribution < 1.29 is 9.21 Å². The highest BCUT2D eigenvalue weighted by Crippen LogP contribution is 2.20. The largest absolute Gasteiger partial charge is 0.444 e. The van der Waals surface area contributed by atoms with Gasteiger partial charge in [-0.3, -0.25) is 4.79 Å². The number of amides is 1. The third-order valence-electron chi connectivity index (χ3n) is 2.74. The summed E-state index contributed by atoms with van der Waals surface area (Å²) in [5.41, 5.74) is 7.62. The van der Waals surface area contributed by atoms with Gasteiger partial charge in [-0.1, -0.05) is 0 Å². The molecular weight excluding hydrogens is 310 g/mol. The Morgan fingerprint density at radius 3 is 2.79 bits per heavy atom. The van der Waals surface area contributed by atoms with Gasteiger partial charge in [-0.15, -0.1) is 0 Å². The van der Waals surface area contributed by atoms with Crippen LogP contribution in [0.3, 0.4) is 0 Å². The van der Waals surface area contributed by atoms with Gasteiger partial charge >= 0.3 is 0 Å². The van der Waals surface area contributed by atoms with E-state index < -0.39 is 0 Å². The van der Waals surface area contributed by atoms with Gasteiger partial charge in [0.1, 0.15) is 5.76 Å². The minimum absolute atomic E-state index is 0.200. The number of hydrogen-bond acceptors (Lipinski definition) is 4. The summed E-state index contributed by atoms with van der Waals surface area (Å²) in [6.45, 7) is 3.96. The normalized spacial score (nSPS) is 10.5. The summed E-state index contributed by atoms with van der Waals surface area (Å²) in [5, 5.41) is 2.75. The van der Waals surface area contributed by atoms with Crippen molar-refractivity contribution in [3.05, 3.63) is 45.6 Å². The highest BCUT2D eigenvalue weighted by Gasteiger charge is 2.10. The van der Waals surface area contributed by atoms with Crippen molar-refractivity contribution in [2.45, 2.75) is 20.4 Å². The number of oxazole rings is 1. The van der Waals surface area contributed by atoms with Crippen LogP contribution >= 0.6 is 15.9 Å². The molecule has 5 nitrogen and oxygen atoms in total. The zero-order valence-corrected chi connectivity index (χ0v) is 12.2. The Labute approximate surface area is 119 Å². The van der Waals surface area contributed by atoms with Gasteiger partial charge in [-0.2, -0.15) is 0 Å². The van der Waals surface area contributed by atoms with Crippen LogP contribution in [-0.4, -0.2) is 10.9 Å². The Morgan fingerprint density at radius 2 is 2.21 bits per heavy atom. The number of anilines is 1. The number of aromatic nitrogens is 1. The fourth-order valence-electron chi connectivity index (χ4n) is 1.54. The molecular formula is C13H14BrN3O2. The predicted molar refractivity (Wildman–Crippen MR) is 75.7 cm³/mol. The van der Waals surface area contributed by atoms with Crippen molar-refractivity contribution in [1.29, 1.82) is 0 Å². The number of carbonyl (C=O) groups is 1. The van der Waals surface area contributed by atoms with Crippen LogP contribution in [0.15, 0.2) is 27.1 Å². The van der Waals surface area contributed by atoms with Crippen molar-refractivity contribution in [3.63, 3.8) is 0 Å². The minimum atomic E-state index is -0.200. The predicted octanol–water partition coefficient (Wildman–Crippen LogP) is 2.57. The van der Waals surface area contributed by atoms with E-state index in [1.807, 2.05) is 13.8 Å². The Kier molecular flexibility index (Phi) is 3.90. The molecule has 19 heavy (non-hydrogen) atoms. The van der Waals surface area contributed by atoms with Crippen molar-refractivity contribution in [2.75, 3.05) is 5.73 Å². The van der Waals surface area contributed by atoms with Crippen molar-refractivity contribution >= 4 is 27.5 Å². The number of rotatable bonds is 3. The van der Waals surface area contributed by atoms with E-state index in [2.05, 4.69) is 26.2 Å². The van der Waals surface area contributed by atoms with Gasteiger partial charge in [0, 0.05) is 15.7 Å². The van der Waals surface area contributed by atoms with E-state index in [0.29, 0.717) is 21.6 Å². The van der Waals surface area contributed by atoms with Gasteiger partial charge in [0.25, 0.3) is 5.91 Å². The Balaban J connectivity index is 2.03. The fraction of sp³-hybridized carbons (Fsp3) is 0.231. The zero-order chi connectivity index (χ0) is 14.0. The molecule has 1 aromatic heterocycles. The van der Waals surface area contributed by atoms with E-state index in [4.69, 9.17) is 10.2 Å². The summed E-state index contributed by atoms with van der Waals surface area (Å²) in [7, 11) is 0. The molecule has 0 aliphatic heterocycles. The first-order valence-corrected chi connectivity index (χ1v) is 6.53. The van der Waals surface area contributed by atoms with Crippen LogP contribution < -0.4 is 11.1 Å². The van der Waals surface area contributed by atoms with Crippen molar-refractivity contribution in [2.24, 2.45) is 0 Å². The summed E-state index contributed by atoms with van der Waals surface area (Å²) in [5.74, 6) is 1.06. The average Bonchev–Trinajstić information content (AvgIpc) is 2.69. The summed E-state index contributed by atoms with van der Waals surface area (Å²) >= 11 is 3.29. The SMILES string of the molecule is Cc1nc(CNC(=O)c2ccc(N)c(Br)c2)oc1C. The van der Waals surface area contributed by atoms with E-state index in [1.165, 1.54) is 0 Å². The quantitative estimate of drug-likeness (QED) is 0.850. The van der Waals surface area contributed by atoms with Crippen LogP contribution in [0, 0.1) is 13.8 Å². The second-order valence-corrected chi connectivity index (χ2v) is 5.02. The maximum atomic E-state index is 11.9. The lowest BCUT2D eigenvalue weighted by molar-refractivity contribution is 0.0947. The molecule has 0 fully saturated rings. The third kappa shape index (κ3) is 3.14. The topological polar surface area (TPSA) is 81.2 Å². The highest BCUT2D eigenvalue weighted by atomic mass is 79.9. The molecule has 1 heterocycles. The molecule has 0 spiro atoms. The first-order chi connectivity index (χ1) is 8.97.